The summed E-state index contributed by atoms with van der Waals surface area (Å²) in [6.07, 6.45) is 0.969. The van der Waals surface area contributed by atoms with Gasteiger partial charge in [-0.1, -0.05) is 13.8 Å². The van der Waals surface area contributed by atoms with Gasteiger partial charge in [0.25, 0.3) is 0 Å². The Labute approximate surface area is 164 Å². The molecule has 0 bridgehead atoms. The molecule has 0 aromatic heterocycles. The summed E-state index contributed by atoms with van der Waals surface area (Å²) in [6, 6.07) is 0. The number of sulfonamides is 1. The van der Waals surface area contributed by atoms with Gasteiger partial charge in [0.1, 0.15) is 5.60 Å². The molecule has 0 saturated heterocycles. The number of nitrogens with zero attached hydrogens (tertiary/aromatic N) is 1. The van der Waals surface area contributed by atoms with Crippen LogP contribution in [0.5, 0.6) is 0 Å². The summed E-state index contributed by atoms with van der Waals surface area (Å²) in [7, 11) is -1.58. The van der Waals surface area contributed by atoms with Crippen LogP contribution in [0.25, 0.3) is 0 Å². The van der Waals surface area contributed by atoms with Crippen molar-refractivity contribution in [3.63, 3.8) is 0 Å². The molecule has 0 rings (SSSR count). The van der Waals surface area contributed by atoms with Gasteiger partial charge in [0.2, 0.25) is 10.0 Å². The molecule has 9 nitrogen and oxygen atoms in total. The van der Waals surface area contributed by atoms with Crippen LogP contribution in [-0.2, 0) is 14.8 Å². The minimum Gasteiger partial charge on any atom is -0.444 e. The summed E-state index contributed by atoms with van der Waals surface area (Å²) < 4.78 is 30.7. The minimum atomic E-state index is -3.21. The number of guanidine groups is 1. The molecule has 0 saturated carbocycles. The fourth-order valence-corrected chi connectivity index (χ4v) is 2.82. The molecule has 0 heterocycles. The zero-order valence-electron chi connectivity index (χ0n) is 17.7. The summed E-state index contributed by atoms with van der Waals surface area (Å²) in [4.78, 5) is 16.3. The van der Waals surface area contributed by atoms with Crippen molar-refractivity contribution in [3.05, 3.63) is 0 Å². The van der Waals surface area contributed by atoms with Crippen LogP contribution in [0.4, 0.5) is 4.79 Å². The van der Waals surface area contributed by atoms with E-state index in [9.17, 15) is 13.2 Å². The molecular formula is C17H37N5O4S. The van der Waals surface area contributed by atoms with Gasteiger partial charge < -0.3 is 20.7 Å². The summed E-state index contributed by atoms with van der Waals surface area (Å²) in [6.45, 7) is 12.2. The van der Waals surface area contributed by atoms with E-state index in [0.29, 0.717) is 31.9 Å². The van der Waals surface area contributed by atoms with Crippen molar-refractivity contribution in [2.24, 2.45) is 4.99 Å². The molecule has 27 heavy (non-hydrogen) atoms. The number of amides is 1. The molecule has 0 fully saturated rings. The monoisotopic (exact) mass is 407 g/mol. The Kier molecular flexibility index (Phi) is 10.7. The first-order valence-corrected chi connectivity index (χ1v) is 11.0. The Bertz CT molecular complexity index is 581. The molecule has 1 amide bonds. The first-order chi connectivity index (χ1) is 12.4. The molecule has 0 atom stereocenters. The predicted molar refractivity (Wildman–Crippen MR) is 110 cm³/mol. The molecule has 0 aromatic rings. The highest BCUT2D eigenvalue weighted by Crippen LogP contribution is 2.16. The molecule has 0 spiro atoms. The second-order valence-corrected chi connectivity index (χ2v) is 9.36. The van der Waals surface area contributed by atoms with Gasteiger partial charge in [-0.25, -0.2) is 17.9 Å². The molecule has 0 aliphatic heterocycles. The summed E-state index contributed by atoms with van der Waals surface area (Å²) >= 11 is 0. The molecule has 10 heteroatoms. The topological polar surface area (TPSA) is 121 Å². The molecule has 0 unspecified atom stereocenters. The highest BCUT2D eigenvalue weighted by atomic mass is 32.2. The van der Waals surface area contributed by atoms with Gasteiger partial charge in [0.05, 0.1) is 11.3 Å². The number of alkyl carbamates (subject to hydrolysis) is 1. The van der Waals surface area contributed by atoms with E-state index in [4.69, 9.17) is 4.74 Å². The third-order valence-electron chi connectivity index (χ3n) is 4.06. The number of aliphatic imine (C=N–C) groups is 1. The average molecular weight is 408 g/mol. The van der Waals surface area contributed by atoms with Crippen LogP contribution in [0, 0.1) is 0 Å². The van der Waals surface area contributed by atoms with E-state index < -0.39 is 27.3 Å². The summed E-state index contributed by atoms with van der Waals surface area (Å²) in [5.74, 6) is 0.578. The van der Waals surface area contributed by atoms with Gasteiger partial charge in [-0.15, -0.1) is 0 Å². The molecule has 4 N–H and O–H groups in total. The number of carbonyl (C=O) groups is 1. The van der Waals surface area contributed by atoms with E-state index in [1.165, 1.54) is 0 Å². The Morgan fingerprint density at radius 2 is 1.63 bits per heavy atom. The van der Waals surface area contributed by atoms with Crippen molar-refractivity contribution in [3.8, 4) is 0 Å². The van der Waals surface area contributed by atoms with Gasteiger partial charge >= 0.3 is 6.09 Å². The normalized spacial score (nSPS) is 13.2. The summed E-state index contributed by atoms with van der Waals surface area (Å²) in [5, 5.41) is 9.19. The quantitative estimate of drug-likeness (QED) is 0.245. The predicted octanol–water partition coefficient (Wildman–Crippen LogP) is 1.17. The lowest BCUT2D eigenvalue weighted by Crippen LogP contribution is -2.57. The highest BCUT2D eigenvalue weighted by Gasteiger charge is 2.30. The van der Waals surface area contributed by atoms with E-state index >= 15 is 0 Å². The molecule has 0 radical (unpaired) electrons. The lowest BCUT2D eigenvalue weighted by Gasteiger charge is -2.34. The number of nitrogens with one attached hydrogen (secondary N) is 4. The number of rotatable bonds is 10. The molecule has 0 aliphatic rings. The number of hydrogen-bond acceptors (Lipinski definition) is 5. The van der Waals surface area contributed by atoms with Crippen LogP contribution in [-0.4, -0.2) is 64.0 Å². The third kappa shape index (κ3) is 11.0. The Morgan fingerprint density at radius 1 is 1.04 bits per heavy atom. The molecule has 0 aliphatic carbocycles. The average Bonchev–Trinajstić information content (AvgIpc) is 2.58. The lowest BCUT2D eigenvalue weighted by molar-refractivity contribution is 0.0448. The standard InChI is InChI=1S/C17H37N5O4S/c1-8-17(9-2,22-15(23)26-16(4,5)6)13-20-14(18-7)19-11-12-21-27(24,25)10-3/h21H,8-13H2,1-7H3,(H,22,23)(H2,18,19,20). The van der Waals surface area contributed by atoms with Crippen molar-refractivity contribution < 1.29 is 17.9 Å². The zero-order valence-corrected chi connectivity index (χ0v) is 18.5. The maximum absolute atomic E-state index is 12.2. The largest absolute Gasteiger partial charge is 0.444 e. The van der Waals surface area contributed by atoms with Crippen molar-refractivity contribution in [1.29, 1.82) is 0 Å². The number of hydrogen-bond donors (Lipinski definition) is 4. The number of carbonyl (C=O) groups excluding carboxylic acids is 1. The second kappa shape index (κ2) is 11.3. The molecule has 160 valence electrons. The van der Waals surface area contributed by atoms with Crippen molar-refractivity contribution in [2.75, 3.05) is 32.4 Å². The van der Waals surface area contributed by atoms with Gasteiger partial charge in [-0.3, -0.25) is 4.99 Å². The minimum absolute atomic E-state index is 0.0474. The third-order valence-corrected chi connectivity index (χ3v) is 5.46. The van der Waals surface area contributed by atoms with Gasteiger partial charge in [0.15, 0.2) is 5.96 Å². The van der Waals surface area contributed by atoms with Crippen LogP contribution >= 0.6 is 0 Å². The zero-order chi connectivity index (χ0) is 21.1. The first kappa shape index (κ1) is 25.4. The van der Waals surface area contributed by atoms with Crippen molar-refractivity contribution in [1.82, 2.24) is 20.7 Å². The fraction of sp³-hybridized carbons (Fsp3) is 0.882. The highest BCUT2D eigenvalue weighted by molar-refractivity contribution is 7.89. The molecular weight excluding hydrogens is 370 g/mol. The Morgan fingerprint density at radius 3 is 2.07 bits per heavy atom. The lowest BCUT2D eigenvalue weighted by atomic mass is 9.93. The number of ether oxygens (including phenoxy) is 1. The van der Waals surface area contributed by atoms with Crippen LogP contribution < -0.4 is 20.7 Å². The van der Waals surface area contributed by atoms with Crippen LogP contribution in [0.15, 0.2) is 4.99 Å². The smallest absolute Gasteiger partial charge is 0.408 e. The fourth-order valence-electron chi connectivity index (χ4n) is 2.20. The van der Waals surface area contributed by atoms with Crippen LogP contribution in [0.1, 0.15) is 54.4 Å². The first-order valence-electron chi connectivity index (χ1n) is 9.35. The van der Waals surface area contributed by atoms with Crippen LogP contribution in [0.3, 0.4) is 0 Å². The van der Waals surface area contributed by atoms with E-state index in [1.54, 1.807) is 14.0 Å². The van der Waals surface area contributed by atoms with Crippen LogP contribution in [0.2, 0.25) is 0 Å². The van der Waals surface area contributed by atoms with Gasteiger partial charge in [0, 0.05) is 26.7 Å². The van der Waals surface area contributed by atoms with Gasteiger partial charge in [-0.05, 0) is 40.5 Å². The maximum Gasteiger partial charge on any atom is 0.408 e. The van der Waals surface area contributed by atoms with E-state index in [2.05, 4.69) is 25.7 Å². The van der Waals surface area contributed by atoms with Gasteiger partial charge in [-0.2, -0.15) is 0 Å². The van der Waals surface area contributed by atoms with Crippen molar-refractivity contribution >= 4 is 22.1 Å². The molecule has 0 aromatic carbocycles. The maximum atomic E-state index is 12.2. The second-order valence-electron chi connectivity index (χ2n) is 7.26. The SMILES string of the molecule is CCC(CC)(CNC(=NC)NCCNS(=O)(=O)CC)NC(=O)OC(C)(C)C. The Balaban J connectivity index is 4.65. The van der Waals surface area contributed by atoms with E-state index in [1.807, 2.05) is 34.6 Å². The Hall–Kier alpha value is -1.55. The summed E-state index contributed by atoms with van der Waals surface area (Å²) in [5.41, 5.74) is -1.04. The van der Waals surface area contributed by atoms with Crippen molar-refractivity contribution in [2.45, 2.75) is 65.5 Å². The van der Waals surface area contributed by atoms with E-state index in [-0.39, 0.29) is 12.3 Å². The van der Waals surface area contributed by atoms with E-state index in [0.717, 1.165) is 0 Å².